The van der Waals surface area contributed by atoms with Gasteiger partial charge in [0.15, 0.2) is 11.5 Å². The van der Waals surface area contributed by atoms with E-state index in [1.165, 1.54) is 49.4 Å². The normalized spacial score (nSPS) is 23.0. The first kappa shape index (κ1) is 35.6. The summed E-state index contributed by atoms with van der Waals surface area (Å²) in [5.41, 5.74) is 12.7. The van der Waals surface area contributed by atoms with Crippen molar-refractivity contribution in [3.63, 3.8) is 0 Å². The van der Waals surface area contributed by atoms with Gasteiger partial charge in [-0.25, -0.2) is 9.98 Å². The second-order valence-electron chi connectivity index (χ2n) is 17.9. The minimum absolute atomic E-state index is 0.00713. The first-order valence-corrected chi connectivity index (χ1v) is 21.1. The number of aromatic nitrogens is 1. The highest BCUT2D eigenvalue weighted by Crippen LogP contribution is 2.63. The number of hydrogen-bond acceptors (Lipinski definition) is 3. The second kappa shape index (κ2) is 13.0. The molecule has 0 saturated carbocycles. The number of hydrogen-bond donors (Lipinski definition) is 1. The molecule has 288 valence electrons. The first-order chi connectivity index (χ1) is 28.6. The maximum Gasteiger partial charge on any atom is 0.159 e. The van der Waals surface area contributed by atoms with Crippen molar-refractivity contribution in [2.45, 2.75) is 58.5 Å². The predicted octanol–water partition coefficient (Wildman–Crippen LogP) is 13.4. The maximum absolute atomic E-state index is 5.43. The predicted molar refractivity (Wildman–Crippen MR) is 248 cm³/mol. The van der Waals surface area contributed by atoms with Gasteiger partial charge in [0.2, 0.25) is 0 Å². The number of fused-ring (bicyclic) bond motifs is 7. The summed E-state index contributed by atoms with van der Waals surface area (Å²) in [5, 5.41) is 8.68. The van der Waals surface area contributed by atoms with Gasteiger partial charge in [-0.1, -0.05) is 167 Å². The van der Waals surface area contributed by atoms with Crippen LogP contribution in [0.1, 0.15) is 69.7 Å². The van der Waals surface area contributed by atoms with Crippen LogP contribution in [0.3, 0.4) is 0 Å². The molecular formula is C55H48N4. The fourth-order valence-corrected chi connectivity index (χ4v) is 10.5. The molecule has 0 radical (unpaired) electrons. The molecule has 0 amide bonds. The van der Waals surface area contributed by atoms with E-state index in [2.05, 4.69) is 208 Å². The first-order valence-electron chi connectivity index (χ1n) is 21.1. The third-order valence-electron chi connectivity index (χ3n) is 14.0. The number of nitrogens with zero attached hydrogens (tertiary/aromatic N) is 3. The van der Waals surface area contributed by atoms with E-state index in [9.17, 15) is 0 Å². The lowest BCUT2D eigenvalue weighted by atomic mass is 9.63. The van der Waals surface area contributed by atoms with Crippen molar-refractivity contribution in [2.24, 2.45) is 21.3 Å². The van der Waals surface area contributed by atoms with Crippen LogP contribution in [-0.4, -0.2) is 16.2 Å². The summed E-state index contributed by atoms with van der Waals surface area (Å²) < 4.78 is 2.47. The molecule has 1 aliphatic heterocycles. The smallest absolute Gasteiger partial charge is 0.159 e. The van der Waals surface area contributed by atoms with Crippen molar-refractivity contribution in [2.75, 3.05) is 0 Å². The summed E-state index contributed by atoms with van der Waals surface area (Å²) in [7, 11) is 0. The minimum Gasteiger partial charge on any atom is -0.342 e. The Morgan fingerprint density at radius 2 is 1.51 bits per heavy atom. The Kier molecular flexibility index (Phi) is 7.85. The standard InChI is InChI=1S/C55H48N4/c1-35-17-13-20-38(33-35)51-56-52(58-55(5,57-51)39-21-7-6-8-22-39)42-25-16-29-48-49(42)43-34-37(30-31-47(43)59(48)46-28-14-19-36-18-9-10-23-40(36)46)41-24-15-27-44-50(41)45-26-11-12-32-54(45,4)53(44,2)3/h6-16,18-31,33-35H,17,32H2,1-5H3,(H,56,57,58). The highest BCUT2D eigenvalue weighted by atomic mass is 15.2. The Bertz CT molecular complexity index is 3090. The number of allylic oxidation sites excluding steroid dienone is 6. The third-order valence-corrected chi connectivity index (χ3v) is 14.0. The van der Waals surface area contributed by atoms with E-state index < -0.39 is 5.66 Å². The van der Waals surface area contributed by atoms with Crippen molar-refractivity contribution in [1.82, 2.24) is 9.88 Å². The van der Waals surface area contributed by atoms with E-state index in [-0.39, 0.29) is 10.8 Å². The molecule has 11 rings (SSSR count). The van der Waals surface area contributed by atoms with Crippen LogP contribution in [0.2, 0.25) is 0 Å². The van der Waals surface area contributed by atoms with Crippen LogP contribution in [0.25, 0.3) is 55.0 Å². The largest absolute Gasteiger partial charge is 0.342 e. The molecule has 4 heteroatoms. The molecule has 0 fully saturated rings. The van der Waals surface area contributed by atoms with Gasteiger partial charge in [0.1, 0.15) is 5.84 Å². The molecule has 1 aromatic heterocycles. The Labute approximate surface area is 346 Å². The topological polar surface area (TPSA) is 41.7 Å². The number of aliphatic imine (C=N–C) groups is 2. The monoisotopic (exact) mass is 764 g/mol. The number of rotatable bonds is 5. The van der Waals surface area contributed by atoms with Gasteiger partial charge < -0.3 is 9.88 Å². The zero-order valence-electron chi connectivity index (χ0n) is 34.4. The lowest BCUT2D eigenvalue weighted by molar-refractivity contribution is 0.271. The van der Waals surface area contributed by atoms with E-state index in [1.807, 2.05) is 0 Å². The van der Waals surface area contributed by atoms with Crippen molar-refractivity contribution < 1.29 is 0 Å². The van der Waals surface area contributed by atoms with Crippen molar-refractivity contribution in [1.29, 1.82) is 0 Å². The quantitative estimate of drug-likeness (QED) is 0.186. The van der Waals surface area contributed by atoms with Gasteiger partial charge in [0.05, 0.1) is 16.7 Å². The van der Waals surface area contributed by atoms with Gasteiger partial charge in [-0.2, -0.15) is 0 Å². The van der Waals surface area contributed by atoms with Crippen LogP contribution in [0.5, 0.6) is 0 Å². The molecule has 0 spiro atoms. The molecule has 1 N–H and O–H groups in total. The van der Waals surface area contributed by atoms with Crippen molar-refractivity contribution >= 4 is 49.8 Å². The molecule has 3 aliphatic carbocycles. The van der Waals surface area contributed by atoms with Crippen molar-refractivity contribution in [3.8, 4) is 16.8 Å². The Balaban J connectivity index is 1.20. The highest BCUT2D eigenvalue weighted by molar-refractivity contribution is 6.24. The van der Waals surface area contributed by atoms with Gasteiger partial charge >= 0.3 is 0 Å². The molecule has 7 aromatic rings. The van der Waals surface area contributed by atoms with Crippen LogP contribution < -0.4 is 5.32 Å². The fourth-order valence-electron chi connectivity index (χ4n) is 10.5. The Hall–Kier alpha value is -6.52. The molecule has 0 saturated heterocycles. The second-order valence-corrected chi connectivity index (χ2v) is 17.9. The van der Waals surface area contributed by atoms with Gasteiger partial charge in [0, 0.05) is 38.1 Å². The summed E-state index contributed by atoms with van der Waals surface area (Å²) in [5.74, 6) is 1.99. The van der Waals surface area contributed by atoms with E-state index in [0.29, 0.717) is 5.92 Å². The van der Waals surface area contributed by atoms with Gasteiger partial charge in [-0.15, -0.1) is 0 Å². The molecule has 3 atom stereocenters. The molecule has 3 unspecified atom stereocenters. The van der Waals surface area contributed by atoms with E-state index in [1.54, 1.807) is 0 Å². The molecule has 4 aliphatic rings. The molecule has 59 heavy (non-hydrogen) atoms. The maximum atomic E-state index is 5.43. The Morgan fingerprint density at radius 3 is 2.37 bits per heavy atom. The van der Waals surface area contributed by atoms with Gasteiger partial charge in [-0.05, 0) is 88.7 Å². The summed E-state index contributed by atoms with van der Waals surface area (Å²) in [6.45, 7) is 11.8. The van der Waals surface area contributed by atoms with E-state index >= 15 is 0 Å². The van der Waals surface area contributed by atoms with Crippen LogP contribution in [0.15, 0.2) is 179 Å². The summed E-state index contributed by atoms with van der Waals surface area (Å²) in [6.07, 6.45) is 15.8. The zero-order chi connectivity index (χ0) is 40.1. The SMILES string of the molecule is CC1C=C(C2=NC(C)(c3ccccc3)NC(c3cccc4c3c3cc(-c5cccc6c5C5=CC=CCC5(C)C6(C)C)ccc3n4-c3cccc4ccccc34)=N2)C=CC1. The van der Waals surface area contributed by atoms with Crippen LogP contribution in [0.4, 0.5) is 0 Å². The van der Waals surface area contributed by atoms with Gasteiger partial charge in [-0.3, -0.25) is 0 Å². The average Bonchev–Trinajstić information content (AvgIpc) is 3.68. The molecule has 4 nitrogen and oxygen atoms in total. The average molecular weight is 765 g/mol. The Morgan fingerprint density at radius 1 is 0.729 bits per heavy atom. The summed E-state index contributed by atoms with van der Waals surface area (Å²) >= 11 is 0. The minimum atomic E-state index is -0.740. The number of amidine groups is 2. The molecular weight excluding hydrogens is 717 g/mol. The molecule has 2 heterocycles. The van der Waals surface area contributed by atoms with E-state index in [0.717, 1.165) is 57.9 Å². The lowest BCUT2D eigenvalue weighted by Gasteiger charge is -2.40. The summed E-state index contributed by atoms with van der Waals surface area (Å²) in [6, 6.07) is 46.7. The lowest BCUT2D eigenvalue weighted by Crippen LogP contribution is -2.46. The number of nitrogens with one attached hydrogen (secondary N) is 1. The number of benzene rings is 6. The molecule has 0 bridgehead atoms. The zero-order valence-corrected chi connectivity index (χ0v) is 34.4. The van der Waals surface area contributed by atoms with Crippen molar-refractivity contribution in [3.05, 3.63) is 192 Å². The van der Waals surface area contributed by atoms with Crippen LogP contribution in [0, 0.1) is 11.3 Å². The van der Waals surface area contributed by atoms with Gasteiger partial charge in [0.25, 0.3) is 0 Å². The highest BCUT2D eigenvalue weighted by Gasteiger charge is 2.52. The van der Waals surface area contributed by atoms with E-state index in [4.69, 9.17) is 9.98 Å². The van der Waals surface area contributed by atoms with Crippen LogP contribution >= 0.6 is 0 Å². The summed E-state index contributed by atoms with van der Waals surface area (Å²) in [4.78, 5) is 10.8. The fraction of sp³-hybridized carbons (Fsp3) is 0.200. The molecule has 6 aromatic carbocycles. The third kappa shape index (κ3) is 5.28. The van der Waals surface area contributed by atoms with Crippen LogP contribution in [-0.2, 0) is 11.1 Å².